The number of rotatable bonds is 5. The van der Waals surface area contributed by atoms with Crippen LogP contribution in [0, 0.1) is 12.8 Å². The van der Waals surface area contributed by atoms with Crippen molar-refractivity contribution in [1.29, 1.82) is 0 Å². The summed E-state index contributed by atoms with van der Waals surface area (Å²) in [5.41, 5.74) is 2.92. The maximum atomic E-state index is 12.4. The Morgan fingerprint density at radius 1 is 1.19 bits per heavy atom. The van der Waals surface area contributed by atoms with Crippen LogP contribution in [0.3, 0.4) is 0 Å². The van der Waals surface area contributed by atoms with Crippen molar-refractivity contribution in [3.8, 4) is 17.0 Å². The molecule has 36 heavy (non-hydrogen) atoms. The van der Waals surface area contributed by atoms with Gasteiger partial charge >= 0.3 is 6.09 Å². The van der Waals surface area contributed by atoms with Crippen LogP contribution < -0.4 is 4.74 Å². The Kier molecular flexibility index (Phi) is 6.61. The van der Waals surface area contributed by atoms with Crippen molar-refractivity contribution in [3.63, 3.8) is 0 Å². The highest BCUT2D eigenvalue weighted by atomic mass is 35.5. The summed E-state index contributed by atoms with van der Waals surface area (Å²) in [6.07, 6.45) is 8.67. The van der Waals surface area contributed by atoms with Crippen molar-refractivity contribution in [3.05, 3.63) is 29.2 Å². The average Bonchev–Trinajstić information content (AvgIpc) is 3.34. The predicted molar refractivity (Wildman–Crippen MR) is 137 cm³/mol. The minimum absolute atomic E-state index is 0.107. The van der Waals surface area contributed by atoms with Crippen molar-refractivity contribution >= 4 is 23.2 Å². The lowest BCUT2D eigenvalue weighted by atomic mass is 9.82. The van der Waals surface area contributed by atoms with E-state index in [-0.39, 0.29) is 18.2 Å². The van der Waals surface area contributed by atoms with Crippen molar-refractivity contribution < 1.29 is 14.3 Å². The lowest BCUT2D eigenvalue weighted by Crippen LogP contribution is -2.42. The van der Waals surface area contributed by atoms with E-state index in [1.807, 2.05) is 44.6 Å². The van der Waals surface area contributed by atoms with E-state index >= 15 is 0 Å². The number of likely N-dealkylation sites (tertiary alicyclic amines) is 1. The standard InChI is InChI=1S/C26H35ClN6O3/c1-16-23(29-30-33(16)20-9-11-31(12-10-20)25(34)36-26(3,4)5)19-13-22(35-17(2)18-7-6-8-18)24-21(27)14-28-32(24)15-19/h13-15,17-18,20H,6-12H2,1-5H3. The number of halogens is 1. The van der Waals surface area contributed by atoms with Crippen LogP contribution >= 0.6 is 11.6 Å². The molecule has 0 spiro atoms. The average molecular weight is 515 g/mol. The van der Waals surface area contributed by atoms with Crippen LogP contribution in [0.2, 0.25) is 5.02 Å². The number of nitrogens with zero attached hydrogens (tertiary/aromatic N) is 6. The number of hydrogen-bond acceptors (Lipinski definition) is 6. The smallest absolute Gasteiger partial charge is 0.410 e. The van der Waals surface area contributed by atoms with Crippen LogP contribution in [0.5, 0.6) is 5.75 Å². The second-order valence-electron chi connectivity index (χ2n) is 11.1. The number of hydrogen-bond donors (Lipinski definition) is 0. The summed E-state index contributed by atoms with van der Waals surface area (Å²) < 4.78 is 15.7. The molecule has 3 aromatic rings. The molecule has 4 heterocycles. The molecule has 0 radical (unpaired) electrons. The number of aromatic nitrogens is 5. The van der Waals surface area contributed by atoms with Crippen molar-refractivity contribution in [2.45, 2.75) is 84.5 Å². The van der Waals surface area contributed by atoms with Gasteiger partial charge in [0.1, 0.15) is 22.6 Å². The molecule has 10 heteroatoms. The number of carbonyl (C=O) groups is 1. The molecule has 0 N–H and O–H groups in total. The van der Waals surface area contributed by atoms with Gasteiger partial charge in [0.05, 0.1) is 29.1 Å². The van der Waals surface area contributed by atoms with Gasteiger partial charge in [-0.25, -0.2) is 14.0 Å². The van der Waals surface area contributed by atoms with Crippen molar-refractivity contribution in [2.24, 2.45) is 5.92 Å². The number of fused-ring (bicyclic) bond motifs is 1. The van der Waals surface area contributed by atoms with Crippen LogP contribution in [0.4, 0.5) is 4.79 Å². The lowest BCUT2D eigenvalue weighted by molar-refractivity contribution is 0.0184. The van der Waals surface area contributed by atoms with Crippen LogP contribution in [0.25, 0.3) is 16.8 Å². The SMILES string of the molecule is Cc1c(-c2cc(OC(C)C3CCC3)c3c(Cl)cnn3c2)nnn1C1CCN(C(=O)OC(C)(C)C)CC1. The first-order chi connectivity index (χ1) is 17.1. The minimum Gasteiger partial charge on any atom is -0.488 e. The van der Waals surface area contributed by atoms with Crippen LogP contribution in [0.1, 0.15) is 71.5 Å². The largest absolute Gasteiger partial charge is 0.488 e. The summed E-state index contributed by atoms with van der Waals surface area (Å²) in [6, 6.07) is 2.17. The summed E-state index contributed by atoms with van der Waals surface area (Å²) in [6.45, 7) is 11.1. The number of amides is 1. The summed E-state index contributed by atoms with van der Waals surface area (Å²) in [4.78, 5) is 14.2. The Bertz CT molecular complexity index is 1250. The van der Waals surface area contributed by atoms with Gasteiger partial charge in [-0.05, 0) is 72.3 Å². The highest BCUT2D eigenvalue weighted by Gasteiger charge is 2.30. The molecule has 1 amide bonds. The molecule has 2 aliphatic rings. The van der Waals surface area contributed by atoms with Gasteiger partial charge in [0.2, 0.25) is 0 Å². The zero-order valence-corrected chi connectivity index (χ0v) is 22.5. The molecule has 1 aliphatic heterocycles. The van der Waals surface area contributed by atoms with Gasteiger partial charge in [-0.15, -0.1) is 5.10 Å². The second-order valence-corrected chi connectivity index (χ2v) is 11.5. The first-order valence-electron chi connectivity index (χ1n) is 12.8. The molecule has 1 unspecified atom stereocenters. The first kappa shape index (κ1) is 24.9. The second kappa shape index (κ2) is 9.57. The number of pyridine rings is 1. The lowest BCUT2D eigenvalue weighted by Gasteiger charge is -2.33. The Morgan fingerprint density at radius 3 is 2.56 bits per heavy atom. The summed E-state index contributed by atoms with van der Waals surface area (Å²) in [5.74, 6) is 1.29. The van der Waals surface area contributed by atoms with Gasteiger partial charge in [-0.3, -0.25) is 0 Å². The minimum atomic E-state index is -0.497. The van der Waals surface area contributed by atoms with Crippen molar-refractivity contribution in [2.75, 3.05) is 13.1 Å². The molecule has 0 aromatic carbocycles. The third-order valence-electron chi connectivity index (χ3n) is 7.32. The van der Waals surface area contributed by atoms with Gasteiger partial charge in [0.15, 0.2) is 0 Å². The molecule has 194 valence electrons. The zero-order valence-electron chi connectivity index (χ0n) is 21.7. The molecule has 1 aliphatic carbocycles. The summed E-state index contributed by atoms with van der Waals surface area (Å²) >= 11 is 6.46. The first-order valence-corrected chi connectivity index (χ1v) is 13.2. The Labute approximate surface area is 216 Å². The molecule has 1 atom stereocenters. The Balaban J connectivity index is 1.36. The van der Waals surface area contributed by atoms with Gasteiger partial charge in [-0.1, -0.05) is 23.2 Å². The van der Waals surface area contributed by atoms with E-state index < -0.39 is 5.60 Å². The quantitative estimate of drug-likeness (QED) is 0.434. The van der Waals surface area contributed by atoms with Crippen LogP contribution in [0.15, 0.2) is 18.5 Å². The Hall–Kier alpha value is -2.81. The normalized spacial score (nSPS) is 18.3. The maximum absolute atomic E-state index is 12.4. The van der Waals surface area contributed by atoms with E-state index in [1.54, 1.807) is 15.6 Å². The highest BCUT2D eigenvalue weighted by Crippen LogP contribution is 2.37. The zero-order chi connectivity index (χ0) is 25.6. The molecule has 9 nitrogen and oxygen atoms in total. The number of carbonyl (C=O) groups excluding carboxylic acids is 1. The fourth-order valence-electron chi connectivity index (χ4n) is 5.05. The third kappa shape index (κ3) is 4.90. The number of piperidine rings is 1. The molecule has 0 bridgehead atoms. The van der Waals surface area contributed by atoms with Crippen LogP contribution in [-0.2, 0) is 4.74 Å². The van der Waals surface area contributed by atoms with Gasteiger partial charge in [0.25, 0.3) is 0 Å². The predicted octanol–water partition coefficient (Wildman–Crippen LogP) is 5.69. The molecule has 1 saturated carbocycles. The van der Waals surface area contributed by atoms with Gasteiger partial charge < -0.3 is 14.4 Å². The van der Waals surface area contributed by atoms with E-state index in [9.17, 15) is 4.79 Å². The van der Waals surface area contributed by atoms with Crippen LogP contribution in [-0.4, -0.2) is 60.4 Å². The van der Waals surface area contributed by atoms with E-state index in [2.05, 4.69) is 22.3 Å². The van der Waals surface area contributed by atoms with Gasteiger partial charge in [0, 0.05) is 24.8 Å². The summed E-state index contributed by atoms with van der Waals surface area (Å²) in [5, 5.41) is 14.0. The third-order valence-corrected chi connectivity index (χ3v) is 7.60. The topological polar surface area (TPSA) is 86.8 Å². The molecule has 5 rings (SSSR count). The Morgan fingerprint density at radius 2 is 1.92 bits per heavy atom. The van der Waals surface area contributed by atoms with Crippen molar-refractivity contribution in [1.82, 2.24) is 29.5 Å². The fraction of sp³-hybridized carbons (Fsp3) is 0.615. The molecule has 3 aromatic heterocycles. The molecular formula is C26H35ClN6O3. The fourth-order valence-corrected chi connectivity index (χ4v) is 5.27. The monoisotopic (exact) mass is 514 g/mol. The maximum Gasteiger partial charge on any atom is 0.410 e. The molecule has 1 saturated heterocycles. The van der Waals surface area contributed by atoms with E-state index in [4.69, 9.17) is 21.1 Å². The van der Waals surface area contributed by atoms with E-state index in [1.165, 1.54) is 19.3 Å². The van der Waals surface area contributed by atoms with E-state index in [0.29, 0.717) is 29.8 Å². The van der Waals surface area contributed by atoms with E-state index in [0.717, 1.165) is 35.3 Å². The summed E-state index contributed by atoms with van der Waals surface area (Å²) in [7, 11) is 0. The number of ether oxygens (including phenoxy) is 2. The molecule has 2 fully saturated rings. The van der Waals surface area contributed by atoms with Gasteiger partial charge in [-0.2, -0.15) is 5.10 Å². The highest BCUT2D eigenvalue weighted by molar-refractivity contribution is 6.34. The molecular weight excluding hydrogens is 480 g/mol.